The molecule has 0 amide bonds. The van der Waals surface area contributed by atoms with E-state index in [0.29, 0.717) is 12.1 Å². The van der Waals surface area contributed by atoms with Crippen LogP contribution in [0.2, 0.25) is 0 Å². The fourth-order valence-corrected chi connectivity index (χ4v) is 1.87. The molecule has 6 heteroatoms. The lowest BCUT2D eigenvalue weighted by atomic mass is 10.1. The highest BCUT2D eigenvalue weighted by Crippen LogP contribution is 2.23. The van der Waals surface area contributed by atoms with E-state index in [1.165, 1.54) is 18.2 Å². The van der Waals surface area contributed by atoms with E-state index in [4.69, 9.17) is 0 Å². The molecule has 0 saturated heterocycles. The van der Waals surface area contributed by atoms with Gasteiger partial charge in [0.05, 0.1) is 0 Å². The van der Waals surface area contributed by atoms with Gasteiger partial charge in [-0.1, -0.05) is 18.2 Å². The second-order valence-electron chi connectivity index (χ2n) is 4.58. The minimum Gasteiger partial charge on any atom is -0.406 e. The Morgan fingerprint density at radius 2 is 2.05 bits per heavy atom. The lowest BCUT2D eigenvalue weighted by Gasteiger charge is -2.14. The summed E-state index contributed by atoms with van der Waals surface area (Å²) in [5, 5.41) is 3.23. The Kier molecular flexibility index (Phi) is 4.80. The normalized spacial score (nSPS) is 13.0. The third-order valence-corrected chi connectivity index (χ3v) is 2.93. The zero-order valence-electron chi connectivity index (χ0n) is 11.4. The number of pyridine rings is 1. The average molecular weight is 296 g/mol. The number of hydrogen-bond donors (Lipinski definition) is 1. The molecule has 1 aromatic carbocycles. The summed E-state index contributed by atoms with van der Waals surface area (Å²) in [5.74, 6) is -0.212. The Morgan fingerprint density at radius 1 is 1.24 bits per heavy atom. The van der Waals surface area contributed by atoms with Gasteiger partial charge < -0.3 is 10.1 Å². The van der Waals surface area contributed by atoms with Crippen molar-refractivity contribution in [3.63, 3.8) is 0 Å². The summed E-state index contributed by atoms with van der Waals surface area (Å²) in [6, 6.07) is 9.75. The highest BCUT2D eigenvalue weighted by Gasteiger charge is 2.31. The number of halogens is 3. The zero-order valence-corrected chi connectivity index (χ0v) is 11.4. The van der Waals surface area contributed by atoms with Crippen LogP contribution in [0.3, 0.4) is 0 Å². The number of rotatable bonds is 5. The highest BCUT2D eigenvalue weighted by atomic mass is 19.4. The van der Waals surface area contributed by atoms with Crippen molar-refractivity contribution in [2.24, 2.45) is 0 Å². The molecule has 1 heterocycles. The van der Waals surface area contributed by atoms with Crippen LogP contribution >= 0.6 is 0 Å². The number of alkyl halides is 3. The SMILES string of the molecule is CC(NCc1cccc(OC(F)(F)F)c1)c1cccnc1. The first-order valence-corrected chi connectivity index (χ1v) is 6.42. The predicted octanol–water partition coefficient (Wildman–Crippen LogP) is 3.83. The van der Waals surface area contributed by atoms with Crippen LogP contribution in [-0.4, -0.2) is 11.3 Å². The fourth-order valence-electron chi connectivity index (χ4n) is 1.87. The van der Waals surface area contributed by atoms with Gasteiger partial charge in [0.25, 0.3) is 0 Å². The molecule has 0 saturated carbocycles. The molecule has 1 N–H and O–H groups in total. The Balaban J connectivity index is 1.96. The van der Waals surface area contributed by atoms with Crippen LogP contribution in [0.25, 0.3) is 0 Å². The van der Waals surface area contributed by atoms with Gasteiger partial charge in [0.2, 0.25) is 0 Å². The van der Waals surface area contributed by atoms with Crippen LogP contribution in [0.15, 0.2) is 48.8 Å². The molecule has 2 rings (SSSR count). The van der Waals surface area contributed by atoms with E-state index >= 15 is 0 Å². The maximum Gasteiger partial charge on any atom is 0.573 e. The van der Waals surface area contributed by atoms with Crippen molar-refractivity contribution < 1.29 is 17.9 Å². The van der Waals surface area contributed by atoms with Gasteiger partial charge in [-0.05, 0) is 36.2 Å². The summed E-state index contributed by atoms with van der Waals surface area (Å²) in [6.07, 6.45) is -1.23. The van der Waals surface area contributed by atoms with Crippen LogP contribution in [0.5, 0.6) is 5.75 Å². The maximum absolute atomic E-state index is 12.2. The van der Waals surface area contributed by atoms with Gasteiger partial charge in [-0.2, -0.15) is 0 Å². The minimum absolute atomic E-state index is 0.0471. The largest absolute Gasteiger partial charge is 0.573 e. The number of nitrogens with zero attached hydrogens (tertiary/aromatic N) is 1. The number of ether oxygens (including phenoxy) is 1. The molecule has 0 aliphatic rings. The number of nitrogens with one attached hydrogen (secondary N) is 1. The molecule has 0 aliphatic heterocycles. The molecule has 1 aromatic heterocycles. The Labute approximate surface area is 120 Å². The molecule has 0 bridgehead atoms. The third kappa shape index (κ3) is 5.07. The van der Waals surface area contributed by atoms with E-state index in [1.807, 2.05) is 19.1 Å². The Bertz CT molecular complexity index is 573. The summed E-state index contributed by atoms with van der Waals surface area (Å²) < 4.78 is 40.4. The molecule has 112 valence electrons. The van der Waals surface area contributed by atoms with Crippen molar-refractivity contribution in [1.29, 1.82) is 0 Å². The van der Waals surface area contributed by atoms with E-state index in [-0.39, 0.29) is 11.8 Å². The molecule has 0 fully saturated rings. The first-order valence-electron chi connectivity index (χ1n) is 6.42. The zero-order chi connectivity index (χ0) is 15.3. The molecule has 21 heavy (non-hydrogen) atoms. The number of hydrogen-bond acceptors (Lipinski definition) is 3. The molecule has 0 aliphatic carbocycles. The highest BCUT2D eigenvalue weighted by molar-refractivity contribution is 5.28. The molecule has 0 spiro atoms. The summed E-state index contributed by atoms with van der Waals surface area (Å²) in [4.78, 5) is 4.03. The predicted molar refractivity (Wildman–Crippen MR) is 72.6 cm³/mol. The number of benzene rings is 1. The van der Waals surface area contributed by atoms with Crippen molar-refractivity contribution in [3.8, 4) is 5.75 Å². The van der Waals surface area contributed by atoms with Gasteiger partial charge in [-0.25, -0.2) is 0 Å². The first kappa shape index (κ1) is 15.3. The smallest absolute Gasteiger partial charge is 0.406 e. The van der Waals surface area contributed by atoms with Gasteiger partial charge in [0, 0.05) is 25.0 Å². The van der Waals surface area contributed by atoms with E-state index in [9.17, 15) is 13.2 Å². The summed E-state index contributed by atoms with van der Waals surface area (Å²) >= 11 is 0. The Morgan fingerprint density at radius 3 is 2.71 bits per heavy atom. The molecule has 0 radical (unpaired) electrons. The van der Waals surface area contributed by atoms with Crippen LogP contribution < -0.4 is 10.1 Å². The molecule has 1 unspecified atom stereocenters. The molecular formula is C15H15F3N2O. The van der Waals surface area contributed by atoms with Crippen LogP contribution in [0, 0.1) is 0 Å². The Hall–Kier alpha value is -2.08. The van der Waals surface area contributed by atoms with Crippen molar-refractivity contribution in [1.82, 2.24) is 10.3 Å². The van der Waals surface area contributed by atoms with E-state index in [2.05, 4.69) is 15.0 Å². The topological polar surface area (TPSA) is 34.1 Å². The van der Waals surface area contributed by atoms with Gasteiger partial charge >= 0.3 is 6.36 Å². The van der Waals surface area contributed by atoms with Gasteiger partial charge in [0.15, 0.2) is 0 Å². The molecule has 2 aromatic rings. The second-order valence-corrected chi connectivity index (χ2v) is 4.58. The van der Waals surface area contributed by atoms with Gasteiger partial charge in [-0.3, -0.25) is 4.98 Å². The van der Waals surface area contributed by atoms with Crippen molar-refractivity contribution in [2.45, 2.75) is 25.9 Å². The standard InChI is InChI=1S/C15H15F3N2O/c1-11(13-5-3-7-19-10-13)20-9-12-4-2-6-14(8-12)21-15(16,17)18/h2-8,10-11,20H,9H2,1H3. The van der Waals surface area contributed by atoms with Gasteiger partial charge in [-0.15, -0.1) is 13.2 Å². The van der Waals surface area contributed by atoms with E-state index in [1.54, 1.807) is 18.5 Å². The van der Waals surface area contributed by atoms with Crippen molar-refractivity contribution in [3.05, 3.63) is 59.9 Å². The fraction of sp³-hybridized carbons (Fsp3) is 0.267. The minimum atomic E-state index is -4.67. The van der Waals surface area contributed by atoms with E-state index in [0.717, 1.165) is 5.56 Å². The average Bonchev–Trinajstić information content (AvgIpc) is 2.44. The number of aromatic nitrogens is 1. The van der Waals surface area contributed by atoms with Crippen LogP contribution in [0.1, 0.15) is 24.1 Å². The molecule has 3 nitrogen and oxygen atoms in total. The van der Waals surface area contributed by atoms with Crippen molar-refractivity contribution >= 4 is 0 Å². The second kappa shape index (κ2) is 6.58. The van der Waals surface area contributed by atoms with Crippen LogP contribution in [-0.2, 0) is 6.54 Å². The molecular weight excluding hydrogens is 281 g/mol. The summed E-state index contributed by atoms with van der Waals surface area (Å²) in [5.41, 5.74) is 1.73. The van der Waals surface area contributed by atoms with Gasteiger partial charge in [0.1, 0.15) is 5.75 Å². The maximum atomic E-state index is 12.2. The van der Waals surface area contributed by atoms with Crippen molar-refractivity contribution in [2.75, 3.05) is 0 Å². The molecule has 1 atom stereocenters. The summed E-state index contributed by atoms with van der Waals surface area (Å²) in [6.45, 7) is 2.40. The quantitative estimate of drug-likeness (QED) is 0.910. The monoisotopic (exact) mass is 296 g/mol. The third-order valence-electron chi connectivity index (χ3n) is 2.93. The van der Waals surface area contributed by atoms with Crippen LogP contribution in [0.4, 0.5) is 13.2 Å². The summed E-state index contributed by atoms with van der Waals surface area (Å²) in [7, 11) is 0. The lowest BCUT2D eigenvalue weighted by molar-refractivity contribution is -0.274. The first-order chi connectivity index (χ1) is 9.94. The lowest BCUT2D eigenvalue weighted by Crippen LogP contribution is -2.19. The van der Waals surface area contributed by atoms with E-state index < -0.39 is 6.36 Å².